The van der Waals surface area contributed by atoms with Crippen molar-refractivity contribution in [3.8, 4) is 0 Å². The van der Waals surface area contributed by atoms with E-state index < -0.39 is 5.97 Å². The number of hydrogen-bond acceptors (Lipinski definition) is 3. The lowest BCUT2D eigenvalue weighted by molar-refractivity contribution is 0.0696. The van der Waals surface area contributed by atoms with Gasteiger partial charge in [0.25, 0.3) is 5.91 Å². The number of carbonyl (C=O) groups is 2. The van der Waals surface area contributed by atoms with E-state index in [2.05, 4.69) is 15.3 Å². The lowest BCUT2D eigenvalue weighted by Gasteiger charge is -2.06. The van der Waals surface area contributed by atoms with Crippen molar-refractivity contribution in [2.45, 2.75) is 0 Å². The summed E-state index contributed by atoms with van der Waals surface area (Å²) in [4.78, 5) is 30.0. The first-order valence-corrected chi connectivity index (χ1v) is 6.21. The summed E-state index contributed by atoms with van der Waals surface area (Å²) in [6.07, 6.45) is 4.39. The van der Waals surface area contributed by atoms with Gasteiger partial charge < -0.3 is 15.4 Å². The van der Waals surface area contributed by atoms with E-state index in [9.17, 15) is 9.59 Å². The molecule has 2 aromatic heterocycles. The molecule has 6 nitrogen and oxygen atoms in total. The topological polar surface area (TPSA) is 95.1 Å². The molecule has 0 aliphatic rings. The molecule has 0 fully saturated rings. The summed E-state index contributed by atoms with van der Waals surface area (Å²) < 4.78 is 0. The molecule has 0 unspecified atom stereocenters. The Morgan fingerprint density at radius 2 is 2.05 bits per heavy atom. The number of rotatable bonds is 3. The number of carboxylic acids is 1. The van der Waals surface area contributed by atoms with Crippen LogP contribution in [0.2, 0.25) is 0 Å². The van der Waals surface area contributed by atoms with Crippen LogP contribution in [0.5, 0.6) is 0 Å². The molecule has 104 valence electrons. The van der Waals surface area contributed by atoms with E-state index in [0.29, 0.717) is 11.3 Å². The molecule has 2 heterocycles. The van der Waals surface area contributed by atoms with Crippen LogP contribution in [0.4, 0.5) is 5.69 Å². The zero-order chi connectivity index (χ0) is 14.8. The zero-order valence-electron chi connectivity index (χ0n) is 10.8. The van der Waals surface area contributed by atoms with Crippen LogP contribution < -0.4 is 5.32 Å². The maximum atomic E-state index is 12.3. The molecule has 0 spiro atoms. The molecule has 3 rings (SSSR count). The van der Waals surface area contributed by atoms with Crippen LogP contribution in [0.15, 0.2) is 48.9 Å². The highest BCUT2D eigenvalue weighted by Crippen LogP contribution is 2.19. The normalized spacial score (nSPS) is 10.5. The Hall–Kier alpha value is -3.15. The summed E-state index contributed by atoms with van der Waals surface area (Å²) in [7, 11) is 0. The average molecular weight is 281 g/mol. The van der Waals surface area contributed by atoms with Gasteiger partial charge in [-0.2, -0.15) is 0 Å². The number of aromatic nitrogens is 2. The fourth-order valence-electron chi connectivity index (χ4n) is 2.11. The predicted octanol–water partition coefficient (Wildman–Crippen LogP) is 2.51. The Morgan fingerprint density at radius 3 is 2.86 bits per heavy atom. The number of fused-ring (bicyclic) bond motifs is 1. The number of nitrogens with zero attached hydrogens (tertiary/aromatic N) is 1. The average Bonchev–Trinajstić information content (AvgIpc) is 2.95. The Bertz CT molecular complexity index is 839. The van der Waals surface area contributed by atoms with Crippen molar-refractivity contribution in [3.05, 3.63) is 60.0 Å². The van der Waals surface area contributed by atoms with Gasteiger partial charge in [-0.25, -0.2) is 4.79 Å². The minimum atomic E-state index is -1.09. The van der Waals surface area contributed by atoms with Crippen molar-refractivity contribution in [3.63, 3.8) is 0 Å². The number of H-pyrrole nitrogens is 1. The first kappa shape index (κ1) is 12.9. The molecular weight excluding hydrogens is 270 g/mol. The predicted molar refractivity (Wildman–Crippen MR) is 77.4 cm³/mol. The Balaban J connectivity index is 1.91. The van der Waals surface area contributed by atoms with Crippen LogP contribution in [0.3, 0.4) is 0 Å². The quantitative estimate of drug-likeness (QED) is 0.687. The van der Waals surface area contributed by atoms with Gasteiger partial charge in [-0.05, 0) is 24.3 Å². The van der Waals surface area contributed by atoms with E-state index in [1.54, 1.807) is 18.3 Å². The van der Waals surface area contributed by atoms with Crippen LogP contribution >= 0.6 is 0 Å². The molecule has 6 heteroatoms. The summed E-state index contributed by atoms with van der Waals surface area (Å²) in [6, 6.07) is 8.54. The van der Waals surface area contributed by atoms with Crippen LogP contribution in [0.25, 0.3) is 10.9 Å². The van der Waals surface area contributed by atoms with E-state index in [-0.39, 0.29) is 11.5 Å². The highest BCUT2D eigenvalue weighted by atomic mass is 16.4. The first-order chi connectivity index (χ1) is 10.1. The summed E-state index contributed by atoms with van der Waals surface area (Å²) in [5, 5.41) is 12.4. The zero-order valence-corrected chi connectivity index (χ0v) is 10.8. The molecule has 0 aliphatic carbocycles. The van der Waals surface area contributed by atoms with Gasteiger partial charge in [0.1, 0.15) is 0 Å². The van der Waals surface area contributed by atoms with E-state index in [4.69, 9.17) is 5.11 Å². The number of amides is 1. The monoisotopic (exact) mass is 281 g/mol. The van der Waals surface area contributed by atoms with E-state index >= 15 is 0 Å². The largest absolute Gasteiger partial charge is 0.478 e. The van der Waals surface area contributed by atoms with Crippen molar-refractivity contribution in [2.75, 3.05) is 5.32 Å². The Kier molecular flexibility index (Phi) is 3.12. The van der Waals surface area contributed by atoms with Gasteiger partial charge in [-0.1, -0.05) is 6.07 Å². The maximum absolute atomic E-state index is 12.3. The van der Waals surface area contributed by atoms with Gasteiger partial charge in [-0.15, -0.1) is 0 Å². The number of anilines is 1. The molecule has 0 aliphatic heterocycles. The smallest absolute Gasteiger partial charge is 0.337 e. The lowest BCUT2D eigenvalue weighted by Crippen LogP contribution is -2.13. The van der Waals surface area contributed by atoms with Crippen molar-refractivity contribution in [1.82, 2.24) is 9.97 Å². The highest BCUT2D eigenvalue weighted by Gasteiger charge is 2.12. The SMILES string of the molecule is O=C(O)c1cncc(NC(=O)c2cccc3[nH]ccc23)c1. The third-order valence-electron chi connectivity index (χ3n) is 3.08. The minimum absolute atomic E-state index is 0.0210. The minimum Gasteiger partial charge on any atom is -0.478 e. The van der Waals surface area contributed by atoms with Crippen LogP contribution in [0.1, 0.15) is 20.7 Å². The summed E-state index contributed by atoms with van der Waals surface area (Å²) in [5.74, 6) is -1.41. The fraction of sp³-hybridized carbons (Fsp3) is 0. The molecule has 3 N–H and O–H groups in total. The van der Waals surface area contributed by atoms with Crippen LogP contribution in [-0.4, -0.2) is 27.0 Å². The molecular formula is C15H11N3O3. The number of carbonyl (C=O) groups excluding carboxylic acids is 1. The molecule has 0 atom stereocenters. The number of aromatic amines is 1. The third kappa shape index (κ3) is 2.46. The number of hydrogen-bond donors (Lipinski definition) is 3. The molecule has 0 saturated heterocycles. The Labute approximate surface area is 119 Å². The van der Waals surface area contributed by atoms with Gasteiger partial charge >= 0.3 is 5.97 Å². The molecule has 1 aromatic carbocycles. The number of carboxylic acid groups (broad SMARTS) is 1. The number of aromatic carboxylic acids is 1. The van der Waals surface area contributed by atoms with E-state index in [1.807, 2.05) is 12.1 Å². The van der Waals surface area contributed by atoms with E-state index in [1.165, 1.54) is 18.5 Å². The second-order valence-corrected chi connectivity index (χ2v) is 4.47. The fourth-order valence-corrected chi connectivity index (χ4v) is 2.11. The second-order valence-electron chi connectivity index (χ2n) is 4.47. The van der Waals surface area contributed by atoms with Gasteiger partial charge in [0.05, 0.1) is 17.4 Å². The number of benzene rings is 1. The summed E-state index contributed by atoms with van der Waals surface area (Å²) >= 11 is 0. The second kappa shape index (κ2) is 5.09. The molecule has 0 saturated carbocycles. The van der Waals surface area contributed by atoms with Crippen molar-refractivity contribution >= 4 is 28.5 Å². The summed E-state index contributed by atoms with van der Waals surface area (Å²) in [5.41, 5.74) is 1.73. The Morgan fingerprint density at radius 1 is 1.19 bits per heavy atom. The van der Waals surface area contributed by atoms with Gasteiger partial charge in [0.2, 0.25) is 0 Å². The van der Waals surface area contributed by atoms with Gasteiger partial charge in [0, 0.05) is 28.9 Å². The number of nitrogens with one attached hydrogen (secondary N) is 2. The highest BCUT2D eigenvalue weighted by molar-refractivity contribution is 6.12. The van der Waals surface area contributed by atoms with Crippen molar-refractivity contribution < 1.29 is 14.7 Å². The maximum Gasteiger partial charge on any atom is 0.337 e. The van der Waals surface area contributed by atoms with E-state index in [0.717, 1.165) is 10.9 Å². The van der Waals surface area contributed by atoms with Gasteiger partial charge in [0.15, 0.2) is 0 Å². The van der Waals surface area contributed by atoms with Crippen molar-refractivity contribution in [2.24, 2.45) is 0 Å². The van der Waals surface area contributed by atoms with Crippen molar-refractivity contribution in [1.29, 1.82) is 0 Å². The van der Waals surface area contributed by atoms with Gasteiger partial charge in [-0.3, -0.25) is 9.78 Å². The molecule has 21 heavy (non-hydrogen) atoms. The van der Waals surface area contributed by atoms with Crippen LogP contribution in [-0.2, 0) is 0 Å². The number of pyridine rings is 1. The van der Waals surface area contributed by atoms with Crippen LogP contribution in [0, 0.1) is 0 Å². The third-order valence-corrected chi connectivity index (χ3v) is 3.08. The molecule has 1 amide bonds. The molecule has 0 radical (unpaired) electrons. The summed E-state index contributed by atoms with van der Waals surface area (Å²) in [6.45, 7) is 0. The molecule has 0 bridgehead atoms. The molecule has 3 aromatic rings. The first-order valence-electron chi connectivity index (χ1n) is 6.21. The standard InChI is InChI=1S/C15H11N3O3/c19-14(12-2-1-3-13-11(12)4-5-17-13)18-10-6-9(15(20)21)7-16-8-10/h1-8,17H,(H,18,19)(H,20,21). The lowest BCUT2D eigenvalue weighted by atomic mass is 10.1.